The molecule has 0 saturated carbocycles. The molecule has 1 aromatic carbocycles. The molecule has 0 atom stereocenters. The molecule has 0 unspecified atom stereocenters. The molecule has 1 rings (SSSR count). The van der Waals surface area contributed by atoms with Crippen LogP contribution in [-0.2, 0) is 0 Å². The fourth-order valence-electron chi connectivity index (χ4n) is 1.64. The Bertz CT molecular complexity index is 427. The number of halogens is 3. The molecule has 1 aromatic rings. The quantitative estimate of drug-likeness (QED) is 0.752. The van der Waals surface area contributed by atoms with Crippen molar-refractivity contribution in [3.8, 4) is 0 Å². The van der Waals surface area contributed by atoms with Gasteiger partial charge in [-0.3, -0.25) is 4.79 Å². The van der Waals surface area contributed by atoms with Crippen LogP contribution in [0.2, 0.25) is 0 Å². The first-order valence-electron chi connectivity index (χ1n) is 5.86. The maximum Gasteiger partial charge on any atom is 0.255 e. The standard InChI is InChI=1S/C13H17ClF2N2O/c1-17(2)11-5-3-4-10(8-11)13(19)18(7-6-14)9-12(15)16/h3-5,8,12H,6-7,9H2,1-2H3. The highest BCUT2D eigenvalue weighted by molar-refractivity contribution is 6.18. The van der Waals surface area contributed by atoms with Crippen molar-refractivity contribution in [2.45, 2.75) is 6.43 Å². The number of benzene rings is 1. The van der Waals surface area contributed by atoms with Gasteiger partial charge in [-0.1, -0.05) is 6.07 Å². The maximum atomic E-state index is 12.4. The Morgan fingerprint density at radius 2 is 2.05 bits per heavy atom. The zero-order valence-corrected chi connectivity index (χ0v) is 11.7. The topological polar surface area (TPSA) is 23.6 Å². The van der Waals surface area contributed by atoms with E-state index < -0.39 is 18.9 Å². The maximum absolute atomic E-state index is 12.4. The van der Waals surface area contributed by atoms with E-state index in [1.54, 1.807) is 18.2 Å². The zero-order chi connectivity index (χ0) is 14.4. The predicted molar refractivity (Wildman–Crippen MR) is 73.4 cm³/mol. The average molecular weight is 291 g/mol. The van der Waals surface area contributed by atoms with Crippen molar-refractivity contribution in [3.05, 3.63) is 29.8 Å². The van der Waals surface area contributed by atoms with Crippen LogP contribution in [0, 0.1) is 0 Å². The molecule has 0 N–H and O–H groups in total. The van der Waals surface area contributed by atoms with Crippen molar-refractivity contribution in [2.75, 3.05) is 38.0 Å². The van der Waals surface area contributed by atoms with E-state index in [9.17, 15) is 13.6 Å². The lowest BCUT2D eigenvalue weighted by Crippen LogP contribution is -2.36. The Balaban J connectivity index is 2.92. The lowest BCUT2D eigenvalue weighted by molar-refractivity contribution is 0.0571. The number of rotatable bonds is 6. The summed E-state index contributed by atoms with van der Waals surface area (Å²) in [6, 6.07) is 6.86. The van der Waals surface area contributed by atoms with E-state index >= 15 is 0 Å². The van der Waals surface area contributed by atoms with Crippen molar-refractivity contribution >= 4 is 23.2 Å². The third-order valence-electron chi connectivity index (χ3n) is 2.61. The summed E-state index contributed by atoms with van der Waals surface area (Å²) >= 11 is 5.55. The van der Waals surface area contributed by atoms with Gasteiger partial charge in [0, 0.05) is 37.8 Å². The van der Waals surface area contributed by atoms with Gasteiger partial charge < -0.3 is 9.80 Å². The number of anilines is 1. The number of carbonyl (C=O) groups is 1. The first-order chi connectivity index (χ1) is 8.95. The van der Waals surface area contributed by atoms with E-state index in [1.165, 1.54) is 0 Å². The van der Waals surface area contributed by atoms with E-state index in [0.29, 0.717) is 5.56 Å². The van der Waals surface area contributed by atoms with Crippen LogP contribution in [-0.4, -0.2) is 50.3 Å². The van der Waals surface area contributed by atoms with Crippen LogP contribution in [0.5, 0.6) is 0 Å². The minimum Gasteiger partial charge on any atom is -0.378 e. The molecule has 0 bridgehead atoms. The first kappa shape index (κ1) is 15.7. The van der Waals surface area contributed by atoms with E-state index in [4.69, 9.17) is 11.6 Å². The highest BCUT2D eigenvalue weighted by Gasteiger charge is 2.19. The van der Waals surface area contributed by atoms with Gasteiger partial charge in [-0.25, -0.2) is 8.78 Å². The Kier molecular flexibility index (Phi) is 6.02. The second-order valence-electron chi connectivity index (χ2n) is 4.28. The van der Waals surface area contributed by atoms with Crippen molar-refractivity contribution in [2.24, 2.45) is 0 Å². The van der Waals surface area contributed by atoms with Gasteiger partial charge in [0.1, 0.15) is 0 Å². The molecule has 0 aliphatic carbocycles. The first-order valence-corrected chi connectivity index (χ1v) is 6.40. The summed E-state index contributed by atoms with van der Waals surface area (Å²) < 4.78 is 24.9. The average Bonchev–Trinajstić information content (AvgIpc) is 2.37. The molecule has 106 valence electrons. The summed E-state index contributed by atoms with van der Waals surface area (Å²) in [6.07, 6.45) is -2.57. The van der Waals surface area contributed by atoms with Crippen LogP contribution < -0.4 is 4.90 Å². The molecule has 1 amide bonds. The van der Waals surface area contributed by atoms with Gasteiger partial charge >= 0.3 is 0 Å². The smallest absolute Gasteiger partial charge is 0.255 e. The summed E-state index contributed by atoms with van der Waals surface area (Å²) in [7, 11) is 3.69. The van der Waals surface area contributed by atoms with E-state index in [1.807, 2.05) is 25.1 Å². The lowest BCUT2D eigenvalue weighted by Gasteiger charge is -2.22. The number of hydrogen-bond acceptors (Lipinski definition) is 2. The third kappa shape index (κ3) is 4.67. The predicted octanol–water partition coefficient (Wildman–Crippen LogP) is 2.70. The largest absolute Gasteiger partial charge is 0.378 e. The molecule has 0 radical (unpaired) electrons. The SMILES string of the molecule is CN(C)c1cccc(C(=O)N(CCCl)CC(F)F)c1. The van der Waals surface area contributed by atoms with Crippen LogP contribution in [0.3, 0.4) is 0 Å². The molecule has 0 spiro atoms. The van der Waals surface area contributed by atoms with Crippen molar-refractivity contribution < 1.29 is 13.6 Å². The second-order valence-corrected chi connectivity index (χ2v) is 4.65. The summed E-state index contributed by atoms with van der Waals surface area (Å²) in [5.41, 5.74) is 1.23. The van der Waals surface area contributed by atoms with Crippen LogP contribution in [0.25, 0.3) is 0 Å². The Labute approximate surface area is 116 Å². The number of amides is 1. The monoisotopic (exact) mass is 290 g/mol. The van der Waals surface area contributed by atoms with E-state index in [-0.39, 0.29) is 12.4 Å². The number of alkyl halides is 3. The Morgan fingerprint density at radius 1 is 1.37 bits per heavy atom. The molecule has 0 fully saturated rings. The molecular weight excluding hydrogens is 274 g/mol. The lowest BCUT2D eigenvalue weighted by atomic mass is 10.1. The van der Waals surface area contributed by atoms with Gasteiger partial charge in [0.15, 0.2) is 0 Å². The molecule has 6 heteroatoms. The molecule has 0 aliphatic heterocycles. The summed E-state index contributed by atoms with van der Waals surface area (Å²) in [5.74, 6) is -0.295. The van der Waals surface area contributed by atoms with Crippen molar-refractivity contribution in [3.63, 3.8) is 0 Å². The third-order valence-corrected chi connectivity index (χ3v) is 2.78. The van der Waals surface area contributed by atoms with Crippen LogP contribution >= 0.6 is 11.6 Å². The number of nitrogens with zero attached hydrogens (tertiary/aromatic N) is 2. The second kappa shape index (κ2) is 7.28. The van der Waals surface area contributed by atoms with Gasteiger partial charge in [-0.2, -0.15) is 0 Å². The summed E-state index contributed by atoms with van der Waals surface area (Å²) in [5, 5.41) is 0. The van der Waals surface area contributed by atoms with E-state index in [0.717, 1.165) is 10.6 Å². The molecule has 0 aliphatic rings. The Morgan fingerprint density at radius 3 is 2.58 bits per heavy atom. The van der Waals surface area contributed by atoms with Gasteiger partial charge in [0.25, 0.3) is 12.3 Å². The van der Waals surface area contributed by atoms with Gasteiger partial charge in [-0.05, 0) is 18.2 Å². The van der Waals surface area contributed by atoms with Crippen LogP contribution in [0.4, 0.5) is 14.5 Å². The van der Waals surface area contributed by atoms with Crippen LogP contribution in [0.1, 0.15) is 10.4 Å². The normalized spacial score (nSPS) is 10.6. The highest BCUT2D eigenvalue weighted by Crippen LogP contribution is 2.15. The summed E-state index contributed by atoms with van der Waals surface area (Å²) in [6.45, 7) is -0.491. The minimum absolute atomic E-state index is 0.108. The summed E-state index contributed by atoms with van der Waals surface area (Å²) in [4.78, 5) is 15.1. The Hall–Kier alpha value is -1.36. The molecule has 3 nitrogen and oxygen atoms in total. The highest BCUT2D eigenvalue weighted by atomic mass is 35.5. The molecule has 0 heterocycles. The fraction of sp³-hybridized carbons (Fsp3) is 0.462. The molecule has 0 aromatic heterocycles. The number of carbonyl (C=O) groups excluding carboxylic acids is 1. The van der Waals surface area contributed by atoms with Crippen LogP contribution in [0.15, 0.2) is 24.3 Å². The van der Waals surface area contributed by atoms with Gasteiger partial charge in [0.05, 0.1) is 6.54 Å². The minimum atomic E-state index is -2.57. The molecular formula is C13H17ClF2N2O. The van der Waals surface area contributed by atoms with Gasteiger partial charge in [0.2, 0.25) is 0 Å². The van der Waals surface area contributed by atoms with Crippen molar-refractivity contribution in [1.29, 1.82) is 0 Å². The van der Waals surface area contributed by atoms with Gasteiger partial charge in [-0.15, -0.1) is 11.6 Å². The molecule has 0 saturated heterocycles. The van der Waals surface area contributed by atoms with Crippen molar-refractivity contribution in [1.82, 2.24) is 4.90 Å². The molecule has 19 heavy (non-hydrogen) atoms. The zero-order valence-electron chi connectivity index (χ0n) is 10.9. The number of hydrogen-bond donors (Lipinski definition) is 0. The fourth-order valence-corrected chi connectivity index (χ4v) is 1.85. The van der Waals surface area contributed by atoms with E-state index in [2.05, 4.69) is 0 Å².